The summed E-state index contributed by atoms with van der Waals surface area (Å²) < 4.78 is 5.86. The van der Waals surface area contributed by atoms with Crippen LogP contribution in [-0.2, 0) is 26.2 Å². The molecule has 6 heteroatoms. The zero-order valence-electron chi connectivity index (χ0n) is 30.4. The molecule has 236 valence electrons. The van der Waals surface area contributed by atoms with Crippen molar-refractivity contribution in [2.45, 2.75) is 136 Å². The topological polar surface area (TPSA) is 12.4 Å². The maximum atomic E-state index is 5.86. The van der Waals surface area contributed by atoms with Crippen molar-refractivity contribution in [1.82, 2.24) is 0 Å². The molecule has 0 heterocycles. The standard InChI is InChI=1S/C21H38NP.3C4H11Si.CH3.Zr/c1-13-14(2)16(4)20(15(13)3)23(5,6)22-21-10-17-7-18(11-21)9-19(8-17)12-21;3*1-5(2,3)4;;/h13-20H,7-12H2,1-6H3;3*1H2,2-4H3;1H3;/q;4*-1;+4. The van der Waals surface area contributed by atoms with Gasteiger partial charge >= 0.3 is 26.2 Å². The monoisotopic (exact) mass is 701 g/mol. The summed E-state index contributed by atoms with van der Waals surface area (Å²) in [6.07, 6.45) is 8.96. The van der Waals surface area contributed by atoms with E-state index in [1.54, 1.807) is 0 Å². The predicted molar refractivity (Wildman–Crippen MR) is 195 cm³/mol. The molecule has 5 aliphatic carbocycles. The largest absolute Gasteiger partial charge is 4.00 e. The van der Waals surface area contributed by atoms with Crippen molar-refractivity contribution in [2.24, 2.45) is 46.2 Å². The van der Waals surface area contributed by atoms with Gasteiger partial charge in [0.2, 0.25) is 0 Å². The molecule has 0 aromatic carbocycles. The van der Waals surface area contributed by atoms with Crippen molar-refractivity contribution >= 4 is 31.3 Å². The van der Waals surface area contributed by atoms with E-state index in [0.29, 0.717) is 5.54 Å². The normalized spacial score (nSPS) is 36.4. The molecule has 5 rings (SSSR count). The summed E-state index contributed by atoms with van der Waals surface area (Å²) in [5.41, 5.74) is 1.29. The number of hydrogen-bond donors (Lipinski definition) is 0. The van der Waals surface area contributed by atoms with E-state index in [-0.39, 0.29) is 33.6 Å². The molecule has 0 aromatic rings. The van der Waals surface area contributed by atoms with Gasteiger partial charge in [-0.15, -0.1) is 24.2 Å². The SMILES string of the molecule is CC1C(C)C(C)C(P(C)(C)=NC23CC4CC(CC(C4)C2)C3)C1C.[CH2-][Si](C)(C)C.[CH2-][Si](C)(C)C.[CH2-][Si](C)(C)C.[CH3-].[Zr+4]. The Kier molecular flexibility index (Phi) is 18.0. The molecule has 0 N–H and O–H groups in total. The van der Waals surface area contributed by atoms with Gasteiger partial charge in [-0.1, -0.05) is 86.6 Å². The third kappa shape index (κ3) is 16.2. The van der Waals surface area contributed by atoms with Crippen molar-refractivity contribution in [3.05, 3.63) is 27.1 Å². The molecule has 0 radical (unpaired) electrons. The average molecular weight is 703 g/mol. The molecule has 5 aliphatic rings. The van der Waals surface area contributed by atoms with Crippen LogP contribution in [0.25, 0.3) is 0 Å². The summed E-state index contributed by atoms with van der Waals surface area (Å²) in [6.45, 7) is 46.9. The molecule has 0 aromatic heterocycles. The van der Waals surface area contributed by atoms with E-state index in [0.717, 1.165) is 47.1 Å². The smallest absolute Gasteiger partial charge is 0.358 e. The minimum absolute atomic E-state index is 0. The molecule has 40 heavy (non-hydrogen) atoms. The van der Waals surface area contributed by atoms with Crippen molar-refractivity contribution in [3.8, 4) is 0 Å². The summed E-state index contributed by atoms with van der Waals surface area (Å²) in [5, 5.41) is 0. The fourth-order valence-corrected chi connectivity index (χ4v) is 12.3. The molecule has 0 saturated heterocycles. The Morgan fingerprint density at radius 3 is 1.02 bits per heavy atom. The van der Waals surface area contributed by atoms with E-state index >= 15 is 0 Å². The van der Waals surface area contributed by atoms with E-state index in [1.165, 1.54) is 38.5 Å². The number of nitrogens with zero attached hydrogens (tertiary/aromatic N) is 1. The Balaban J connectivity index is 0. The first kappa shape index (κ1) is 43.9. The van der Waals surface area contributed by atoms with Crippen LogP contribution >= 0.6 is 7.05 Å². The molecule has 5 fully saturated rings. The minimum atomic E-state index is -1.20. The molecular weight excluding hydrogens is 629 g/mol. The Hall–Kier alpha value is 1.76. The van der Waals surface area contributed by atoms with Gasteiger partial charge in [-0.2, -0.15) is 0 Å². The summed E-state index contributed by atoms with van der Waals surface area (Å²) in [5.74, 6) is 6.56. The molecule has 4 bridgehead atoms. The van der Waals surface area contributed by atoms with Gasteiger partial charge in [-0.3, -0.25) is 4.74 Å². The van der Waals surface area contributed by atoms with Crippen molar-refractivity contribution in [3.63, 3.8) is 0 Å². The van der Waals surface area contributed by atoms with Crippen LogP contribution in [0.15, 0.2) is 4.74 Å². The van der Waals surface area contributed by atoms with Crippen LogP contribution in [-0.4, -0.2) is 48.7 Å². The van der Waals surface area contributed by atoms with Gasteiger partial charge in [0.1, 0.15) is 0 Å². The van der Waals surface area contributed by atoms with E-state index in [2.05, 4.69) is 120 Å². The van der Waals surface area contributed by atoms with Gasteiger partial charge in [-0.25, -0.2) is 0 Å². The van der Waals surface area contributed by atoms with Crippen LogP contribution in [0, 0.1) is 68.5 Å². The summed E-state index contributed by atoms with van der Waals surface area (Å²) in [7, 11) is -3.78. The average Bonchev–Trinajstić information content (AvgIpc) is 2.79. The molecule has 0 spiro atoms. The Morgan fingerprint density at radius 2 is 0.800 bits per heavy atom. The van der Waals surface area contributed by atoms with Gasteiger partial charge in [0.15, 0.2) is 0 Å². The first-order valence-electron chi connectivity index (χ1n) is 15.8. The fourth-order valence-electron chi connectivity index (χ4n) is 8.01. The Labute approximate surface area is 278 Å². The van der Waals surface area contributed by atoms with Gasteiger partial charge in [-0.05, 0) is 106 Å². The Bertz CT molecular complexity index is 691. The zero-order valence-corrected chi connectivity index (χ0v) is 36.7. The third-order valence-corrected chi connectivity index (χ3v) is 12.1. The molecule has 4 unspecified atom stereocenters. The maximum absolute atomic E-state index is 5.86. The molecule has 0 aliphatic heterocycles. The van der Waals surface area contributed by atoms with Crippen molar-refractivity contribution in [2.75, 3.05) is 13.3 Å². The third-order valence-electron chi connectivity index (χ3n) is 8.77. The van der Waals surface area contributed by atoms with Crippen LogP contribution in [0.3, 0.4) is 0 Å². The molecule has 1 nitrogen and oxygen atoms in total. The summed E-state index contributed by atoms with van der Waals surface area (Å²) in [6, 6.07) is 0. The van der Waals surface area contributed by atoms with E-state index < -0.39 is 31.3 Å². The summed E-state index contributed by atoms with van der Waals surface area (Å²) in [4.78, 5) is 0. The second-order valence-corrected chi connectivity index (χ2v) is 37.4. The van der Waals surface area contributed by atoms with Crippen LogP contribution in [0.4, 0.5) is 0 Å². The van der Waals surface area contributed by atoms with Crippen molar-refractivity contribution in [1.29, 1.82) is 0 Å². The Morgan fingerprint density at radius 1 is 0.575 bits per heavy atom. The van der Waals surface area contributed by atoms with Crippen LogP contribution in [0.1, 0.15) is 66.2 Å². The van der Waals surface area contributed by atoms with Crippen LogP contribution < -0.4 is 0 Å². The van der Waals surface area contributed by atoms with Crippen molar-refractivity contribution < 1.29 is 26.2 Å². The van der Waals surface area contributed by atoms with E-state index in [1.807, 2.05) is 0 Å². The predicted octanol–water partition coefficient (Wildman–Crippen LogP) is 11.9. The number of rotatable bonds is 2. The van der Waals surface area contributed by atoms with E-state index in [4.69, 9.17) is 4.74 Å². The first-order valence-corrected chi connectivity index (χ1v) is 29.7. The fraction of sp³-hybridized carbons (Fsp3) is 0.882. The van der Waals surface area contributed by atoms with Gasteiger partial charge in [0.05, 0.1) is 5.54 Å². The first-order chi connectivity index (χ1) is 16.7. The number of hydrogen-bond acceptors (Lipinski definition) is 1. The zero-order chi connectivity index (χ0) is 30.1. The van der Waals surface area contributed by atoms with Gasteiger partial charge in [0, 0.05) is 0 Å². The molecule has 4 atom stereocenters. The van der Waals surface area contributed by atoms with Gasteiger partial charge in [0.25, 0.3) is 0 Å². The quantitative estimate of drug-likeness (QED) is 0.154. The maximum Gasteiger partial charge on any atom is 4.00 e. The second kappa shape index (κ2) is 16.4. The second-order valence-electron chi connectivity index (χ2n) is 18.3. The van der Waals surface area contributed by atoms with Crippen LogP contribution in [0.2, 0.25) is 58.9 Å². The molecule has 0 amide bonds. The summed E-state index contributed by atoms with van der Waals surface area (Å²) >= 11 is 0. The minimum Gasteiger partial charge on any atom is -0.358 e. The molecule has 5 saturated carbocycles. The van der Waals surface area contributed by atoms with Crippen LogP contribution in [0.5, 0.6) is 0 Å². The van der Waals surface area contributed by atoms with E-state index in [9.17, 15) is 0 Å². The molecular formula is C34H74NPSi3Zr. The van der Waals surface area contributed by atoms with Gasteiger partial charge < -0.3 is 27.1 Å².